The number of benzene rings is 1. The molecule has 0 bridgehead atoms. The van der Waals surface area contributed by atoms with Crippen molar-refractivity contribution in [3.05, 3.63) is 29.8 Å². The van der Waals surface area contributed by atoms with Gasteiger partial charge in [-0.2, -0.15) is 0 Å². The minimum atomic E-state index is 0.771. The molecule has 16 heavy (non-hydrogen) atoms. The number of nitrogens with one attached hydrogen (secondary N) is 1. The summed E-state index contributed by atoms with van der Waals surface area (Å²) < 4.78 is 5.45. The molecule has 0 aromatic heterocycles. The third kappa shape index (κ3) is 5.14. The third-order valence-corrected chi connectivity index (χ3v) is 2.44. The molecule has 0 unspecified atom stereocenters. The molecule has 3 heteroatoms. The highest BCUT2D eigenvalue weighted by Crippen LogP contribution is 2.09. The van der Waals surface area contributed by atoms with Crippen LogP contribution in [0.4, 0.5) is 5.69 Å². The van der Waals surface area contributed by atoms with Crippen LogP contribution in [0.25, 0.3) is 0 Å². The first-order chi connectivity index (χ1) is 7.84. The average Bonchev–Trinajstić information content (AvgIpc) is 2.30. The van der Waals surface area contributed by atoms with Gasteiger partial charge in [0, 0.05) is 25.4 Å². The Balaban J connectivity index is 2.05. The van der Waals surface area contributed by atoms with Crippen molar-refractivity contribution in [3.8, 4) is 0 Å². The molecule has 90 valence electrons. The number of para-hydroxylation sites is 1. The Hall–Kier alpha value is -1.06. The van der Waals surface area contributed by atoms with Gasteiger partial charge in [0.05, 0.1) is 6.61 Å². The number of unbranched alkanes of at least 4 members (excludes halogenated alkanes) is 1. The van der Waals surface area contributed by atoms with Crippen LogP contribution in [0.2, 0.25) is 0 Å². The van der Waals surface area contributed by atoms with Crippen LogP contribution in [0.15, 0.2) is 24.3 Å². The van der Waals surface area contributed by atoms with Gasteiger partial charge in [0.25, 0.3) is 0 Å². The summed E-state index contributed by atoms with van der Waals surface area (Å²) in [7, 11) is 0. The summed E-state index contributed by atoms with van der Waals surface area (Å²) in [4.78, 5) is 0. The van der Waals surface area contributed by atoms with E-state index in [-0.39, 0.29) is 0 Å². The maximum Gasteiger partial charge on any atom is 0.0591 e. The number of hydrogen-bond acceptors (Lipinski definition) is 3. The van der Waals surface area contributed by atoms with Gasteiger partial charge in [0.2, 0.25) is 0 Å². The number of ether oxygens (including phenoxy) is 1. The van der Waals surface area contributed by atoms with Crippen LogP contribution in [0.5, 0.6) is 0 Å². The molecule has 0 radical (unpaired) electrons. The SMILES string of the molecule is CCCCOCCNCc1ccccc1N. The summed E-state index contributed by atoms with van der Waals surface area (Å²) in [6, 6.07) is 7.92. The van der Waals surface area contributed by atoms with E-state index >= 15 is 0 Å². The number of nitrogens with two attached hydrogens (primary N) is 1. The van der Waals surface area contributed by atoms with Gasteiger partial charge >= 0.3 is 0 Å². The maximum atomic E-state index is 5.83. The molecule has 0 aliphatic rings. The lowest BCUT2D eigenvalue weighted by atomic mass is 10.2. The first-order valence-corrected chi connectivity index (χ1v) is 5.96. The zero-order chi connectivity index (χ0) is 11.6. The highest BCUT2D eigenvalue weighted by Gasteiger charge is 1.96. The molecule has 3 nitrogen and oxygen atoms in total. The zero-order valence-electron chi connectivity index (χ0n) is 10.0. The molecule has 0 amide bonds. The molecule has 1 rings (SSSR count). The normalized spacial score (nSPS) is 10.6. The minimum absolute atomic E-state index is 0.771. The topological polar surface area (TPSA) is 47.3 Å². The summed E-state index contributed by atoms with van der Waals surface area (Å²) >= 11 is 0. The molecule has 0 aliphatic carbocycles. The van der Waals surface area contributed by atoms with E-state index < -0.39 is 0 Å². The molecule has 0 saturated carbocycles. The maximum absolute atomic E-state index is 5.83. The minimum Gasteiger partial charge on any atom is -0.398 e. The molecule has 1 aromatic carbocycles. The molecular formula is C13H22N2O. The number of rotatable bonds is 8. The third-order valence-electron chi connectivity index (χ3n) is 2.44. The van der Waals surface area contributed by atoms with Gasteiger partial charge in [0.15, 0.2) is 0 Å². The Labute approximate surface area is 98.0 Å². The first kappa shape index (κ1) is 13.0. The lowest BCUT2D eigenvalue weighted by Gasteiger charge is -2.07. The number of nitrogen functional groups attached to an aromatic ring is 1. The van der Waals surface area contributed by atoms with Gasteiger partial charge in [-0.3, -0.25) is 0 Å². The van der Waals surface area contributed by atoms with E-state index in [4.69, 9.17) is 10.5 Å². The van der Waals surface area contributed by atoms with E-state index in [0.29, 0.717) is 0 Å². The molecule has 0 atom stereocenters. The highest BCUT2D eigenvalue weighted by molar-refractivity contribution is 5.46. The van der Waals surface area contributed by atoms with E-state index in [1.165, 1.54) is 6.42 Å². The van der Waals surface area contributed by atoms with Gasteiger partial charge in [0.1, 0.15) is 0 Å². The van der Waals surface area contributed by atoms with Crippen molar-refractivity contribution in [1.82, 2.24) is 5.32 Å². The average molecular weight is 222 g/mol. The summed E-state index contributed by atoms with van der Waals surface area (Å²) in [5, 5.41) is 3.31. The van der Waals surface area contributed by atoms with E-state index in [9.17, 15) is 0 Å². The predicted octanol–water partition coefficient (Wildman–Crippen LogP) is 2.18. The fraction of sp³-hybridized carbons (Fsp3) is 0.538. The van der Waals surface area contributed by atoms with Crippen molar-refractivity contribution >= 4 is 5.69 Å². The van der Waals surface area contributed by atoms with Crippen LogP contribution >= 0.6 is 0 Å². The van der Waals surface area contributed by atoms with Gasteiger partial charge in [-0.1, -0.05) is 31.5 Å². The molecule has 0 aliphatic heterocycles. The van der Waals surface area contributed by atoms with Crippen LogP contribution in [-0.4, -0.2) is 19.8 Å². The quantitative estimate of drug-likeness (QED) is 0.523. The van der Waals surface area contributed by atoms with Crippen LogP contribution in [0.3, 0.4) is 0 Å². The largest absolute Gasteiger partial charge is 0.398 e. The molecule has 0 spiro atoms. The zero-order valence-corrected chi connectivity index (χ0v) is 10.0. The molecular weight excluding hydrogens is 200 g/mol. The van der Waals surface area contributed by atoms with Crippen LogP contribution in [0.1, 0.15) is 25.3 Å². The second-order valence-corrected chi connectivity index (χ2v) is 3.84. The van der Waals surface area contributed by atoms with E-state index in [0.717, 1.165) is 44.0 Å². The fourth-order valence-electron chi connectivity index (χ4n) is 1.41. The van der Waals surface area contributed by atoms with Crippen molar-refractivity contribution in [2.45, 2.75) is 26.3 Å². The van der Waals surface area contributed by atoms with Crippen molar-refractivity contribution in [2.75, 3.05) is 25.5 Å². The van der Waals surface area contributed by atoms with Crippen LogP contribution in [0, 0.1) is 0 Å². The van der Waals surface area contributed by atoms with Gasteiger partial charge in [-0.25, -0.2) is 0 Å². The van der Waals surface area contributed by atoms with Gasteiger partial charge in [-0.05, 0) is 18.1 Å². The van der Waals surface area contributed by atoms with Crippen LogP contribution in [-0.2, 0) is 11.3 Å². The lowest BCUT2D eigenvalue weighted by molar-refractivity contribution is 0.133. The van der Waals surface area contributed by atoms with E-state index in [2.05, 4.69) is 12.2 Å². The lowest BCUT2D eigenvalue weighted by Crippen LogP contribution is -2.20. The Kier molecular flexibility index (Phi) is 6.61. The Bertz CT molecular complexity index is 289. The molecule has 0 fully saturated rings. The van der Waals surface area contributed by atoms with E-state index in [1.54, 1.807) is 0 Å². The molecule has 0 saturated heterocycles. The fourth-order valence-corrected chi connectivity index (χ4v) is 1.41. The molecule has 0 heterocycles. The Morgan fingerprint density at radius 2 is 2.06 bits per heavy atom. The van der Waals surface area contributed by atoms with Crippen molar-refractivity contribution in [2.24, 2.45) is 0 Å². The predicted molar refractivity (Wildman–Crippen MR) is 68.3 cm³/mol. The Morgan fingerprint density at radius 3 is 2.81 bits per heavy atom. The second-order valence-electron chi connectivity index (χ2n) is 3.84. The summed E-state index contributed by atoms with van der Waals surface area (Å²) in [6.45, 7) is 5.49. The van der Waals surface area contributed by atoms with E-state index in [1.807, 2.05) is 24.3 Å². The first-order valence-electron chi connectivity index (χ1n) is 5.96. The van der Waals surface area contributed by atoms with Gasteiger partial charge in [-0.15, -0.1) is 0 Å². The smallest absolute Gasteiger partial charge is 0.0591 e. The summed E-state index contributed by atoms with van der Waals surface area (Å²) in [6.07, 6.45) is 2.33. The number of anilines is 1. The van der Waals surface area contributed by atoms with Crippen molar-refractivity contribution < 1.29 is 4.74 Å². The van der Waals surface area contributed by atoms with Gasteiger partial charge < -0.3 is 15.8 Å². The second kappa shape index (κ2) is 8.13. The van der Waals surface area contributed by atoms with Crippen molar-refractivity contribution in [3.63, 3.8) is 0 Å². The highest BCUT2D eigenvalue weighted by atomic mass is 16.5. The standard InChI is InChI=1S/C13H22N2O/c1-2-3-9-16-10-8-15-11-12-6-4-5-7-13(12)14/h4-7,15H,2-3,8-11,14H2,1H3. The summed E-state index contributed by atoms with van der Waals surface area (Å²) in [5.74, 6) is 0. The van der Waals surface area contributed by atoms with Crippen LogP contribution < -0.4 is 11.1 Å². The summed E-state index contributed by atoms with van der Waals surface area (Å²) in [5.41, 5.74) is 7.83. The Morgan fingerprint density at radius 1 is 1.25 bits per heavy atom. The number of hydrogen-bond donors (Lipinski definition) is 2. The molecule has 3 N–H and O–H groups in total. The van der Waals surface area contributed by atoms with Crippen molar-refractivity contribution in [1.29, 1.82) is 0 Å². The molecule has 1 aromatic rings. The monoisotopic (exact) mass is 222 g/mol.